The van der Waals surface area contributed by atoms with E-state index < -0.39 is 12.0 Å². The van der Waals surface area contributed by atoms with E-state index in [9.17, 15) is 9.59 Å². The van der Waals surface area contributed by atoms with Gasteiger partial charge in [-0.3, -0.25) is 4.79 Å². The minimum Gasteiger partial charge on any atom is -0.480 e. The lowest BCUT2D eigenvalue weighted by Crippen LogP contribution is -2.39. The predicted octanol–water partition coefficient (Wildman–Crippen LogP) is 4.96. The summed E-state index contributed by atoms with van der Waals surface area (Å²) < 4.78 is 0. The van der Waals surface area contributed by atoms with Gasteiger partial charge in [-0.05, 0) is 25.3 Å². The Morgan fingerprint density at radius 2 is 1.42 bits per heavy atom. The monoisotopic (exact) mass is 341 g/mol. The summed E-state index contributed by atoms with van der Waals surface area (Å²) >= 11 is 0. The van der Waals surface area contributed by atoms with Crippen molar-refractivity contribution in [1.82, 2.24) is 5.32 Å². The van der Waals surface area contributed by atoms with Crippen LogP contribution in [-0.4, -0.2) is 29.9 Å². The average molecular weight is 342 g/mol. The Morgan fingerprint density at radius 3 is 1.92 bits per heavy atom. The molecule has 4 heteroatoms. The van der Waals surface area contributed by atoms with Gasteiger partial charge in [0.05, 0.1) is 0 Å². The second-order valence-electron chi connectivity index (χ2n) is 6.97. The fourth-order valence-electron chi connectivity index (χ4n) is 3.10. The minimum absolute atomic E-state index is 0.0505. The van der Waals surface area contributed by atoms with Gasteiger partial charge in [0.15, 0.2) is 0 Å². The Bertz CT molecular complexity index is 307. The highest BCUT2D eigenvalue weighted by Gasteiger charge is 2.18. The van der Waals surface area contributed by atoms with Gasteiger partial charge in [-0.15, -0.1) is 0 Å². The van der Waals surface area contributed by atoms with Crippen molar-refractivity contribution >= 4 is 12.3 Å². The molecule has 4 nitrogen and oxygen atoms in total. The van der Waals surface area contributed by atoms with Gasteiger partial charge in [0.25, 0.3) is 0 Å². The van der Waals surface area contributed by atoms with Crippen molar-refractivity contribution in [2.24, 2.45) is 5.92 Å². The molecular weight excluding hydrogens is 302 g/mol. The third-order valence-electron chi connectivity index (χ3n) is 4.71. The quantitative estimate of drug-likeness (QED) is 0.273. The summed E-state index contributed by atoms with van der Waals surface area (Å²) in [6, 6.07) is -0.731. The molecule has 0 fully saturated rings. The molecule has 0 saturated heterocycles. The van der Waals surface area contributed by atoms with Crippen LogP contribution >= 0.6 is 0 Å². The molecule has 24 heavy (non-hydrogen) atoms. The van der Waals surface area contributed by atoms with Gasteiger partial charge in [-0.1, -0.05) is 78.1 Å². The topological polar surface area (TPSA) is 66.4 Å². The lowest BCUT2D eigenvalue weighted by atomic mass is 9.94. The van der Waals surface area contributed by atoms with Crippen LogP contribution in [0.4, 0.5) is 0 Å². The maximum absolute atomic E-state index is 11.1. The van der Waals surface area contributed by atoms with Crippen LogP contribution in [0, 0.1) is 5.92 Å². The van der Waals surface area contributed by atoms with Crippen LogP contribution in [0.3, 0.4) is 0 Å². The van der Waals surface area contributed by atoms with Crippen molar-refractivity contribution in [3.8, 4) is 0 Å². The van der Waals surface area contributed by atoms with Gasteiger partial charge in [0.2, 0.25) is 0 Å². The van der Waals surface area contributed by atoms with Gasteiger partial charge < -0.3 is 15.2 Å². The molecule has 0 rings (SSSR count). The average Bonchev–Trinajstić information content (AvgIpc) is 2.57. The molecule has 0 amide bonds. The van der Waals surface area contributed by atoms with Gasteiger partial charge in [0, 0.05) is 6.42 Å². The molecule has 142 valence electrons. The largest absolute Gasteiger partial charge is 0.480 e. The highest BCUT2D eigenvalue weighted by molar-refractivity contribution is 5.76. The molecule has 0 saturated carbocycles. The number of carboxylic acids is 1. The molecule has 2 atom stereocenters. The number of unbranched alkanes of at least 4 members (excludes halogenated alkanes) is 8. The van der Waals surface area contributed by atoms with Crippen molar-refractivity contribution in [3.05, 3.63) is 0 Å². The van der Waals surface area contributed by atoms with E-state index in [-0.39, 0.29) is 6.42 Å². The molecule has 0 aliphatic heterocycles. The Hall–Kier alpha value is -0.900. The highest BCUT2D eigenvalue weighted by Crippen LogP contribution is 2.18. The summed E-state index contributed by atoms with van der Waals surface area (Å²) in [4.78, 5) is 21.7. The number of aliphatic carboxylic acids is 1. The zero-order valence-corrected chi connectivity index (χ0v) is 15.9. The zero-order valence-electron chi connectivity index (χ0n) is 15.9. The van der Waals surface area contributed by atoms with E-state index in [1.807, 2.05) is 0 Å². The molecule has 0 aromatic heterocycles. The molecule has 0 aliphatic rings. The number of carbonyl (C=O) groups excluding carboxylic acids is 1. The summed E-state index contributed by atoms with van der Waals surface area (Å²) in [7, 11) is 0. The lowest BCUT2D eigenvalue weighted by molar-refractivity contribution is -0.140. The first kappa shape index (κ1) is 23.1. The summed E-state index contributed by atoms with van der Waals surface area (Å²) in [6.45, 7) is 5.16. The zero-order chi connectivity index (χ0) is 18.0. The first-order chi connectivity index (χ1) is 11.7. The number of nitrogens with one attached hydrogen (secondary N) is 1. The van der Waals surface area contributed by atoms with Crippen molar-refractivity contribution in [2.45, 2.75) is 103 Å². The molecule has 0 heterocycles. The van der Waals surface area contributed by atoms with E-state index in [2.05, 4.69) is 19.2 Å². The Balaban J connectivity index is 4.14. The van der Waals surface area contributed by atoms with Gasteiger partial charge in [-0.2, -0.15) is 0 Å². The molecule has 0 aromatic rings. The third kappa shape index (κ3) is 13.5. The molecule has 2 N–H and O–H groups in total. The van der Waals surface area contributed by atoms with Crippen LogP contribution in [0.15, 0.2) is 0 Å². The molecule has 0 bridgehead atoms. The standard InChI is InChI=1S/C20H39NO3/c1-3-5-7-9-10-12-14-18(13-11-8-6-4-2)17-21-19(15-16-22)20(23)24/h16,18-19,21H,3-15,17H2,1-2H3,(H,23,24). The van der Waals surface area contributed by atoms with E-state index >= 15 is 0 Å². The summed E-state index contributed by atoms with van der Waals surface area (Å²) in [5, 5.41) is 12.2. The maximum atomic E-state index is 11.1. The van der Waals surface area contributed by atoms with Crippen LogP contribution in [0.1, 0.15) is 97.3 Å². The molecule has 0 aliphatic carbocycles. The number of carbonyl (C=O) groups is 2. The van der Waals surface area contributed by atoms with Crippen molar-refractivity contribution in [3.63, 3.8) is 0 Å². The van der Waals surface area contributed by atoms with Crippen LogP contribution in [0.5, 0.6) is 0 Å². The lowest BCUT2D eigenvalue weighted by Gasteiger charge is -2.20. The summed E-state index contributed by atoms with van der Waals surface area (Å²) in [5.74, 6) is -0.395. The van der Waals surface area contributed by atoms with Gasteiger partial charge >= 0.3 is 5.97 Å². The predicted molar refractivity (Wildman–Crippen MR) is 100 cm³/mol. The number of carboxylic acid groups (broad SMARTS) is 1. The fourth-order valence-corrected chi connectivity index (χ4v) is 3.10. The molecule has 0 spiro atoms. The normalized spacial score (nSPS) is 13.6. The van der Waals surface area contributed by atoms with Gasteiger partial charge in [-0.25, -0.2) is 0 Å². The Kier molecular flexibility index (Phi) is 16.3. The first-order valence-electron chi connectivity index (χ1n) is 10.0. The second kappa shape index (κ2) is 16.9. The number of hydrogen-bond acceptors (Lipinski definition) is 3. The van der Waals surface area contributed by atoms with Crippen molar-refractivity contribution in [2.75, 3.05) is 6.54 Å². The number of rotatable bonds is 18. The first-order valence-corrected chi connectivity index (χ1v) is 10.0. The van der Waals surface area contributed by atoms with Crippen LogP contribution in [-0.2, 0) is 9.59 Å². The SMILES string of the molecule is CCCCCCCCC(CCCCCC)CNC(CC=O)C(=O)O. The van der Waals surface area contributed by atoms with Crippen molar-refractivity contribution < 1.29 is 14.7 Å². The summed E-state index contributed by atoms with van der Waals surface area (Å²) in [6.07, 6.45) is 15.8. The maximum Gasteiger partial charge on any atom is 0.321 e. The summed E-state index contributed by atoms with van der Waals surface area (Å²) in [5.41, 5.74) is 0. The molecular formula is C20H39NO3. The Labute approximate surface area is 148 Å². The molecule has 0 aromatic carbocycles. The smallest absolute Gasteiger partial charge is 0.321 e. The Morgan fingerprint density at radius 1 is 0.917 bits per heavy atom. The van der Waals surface area contributed by atoms with Crippen molar-refractivity contribution in [1.29, 1.82) is 0 Å². The van der Waals surface area contributed by atoms with E-state index in [0.717, 1.165) is 6.42 Å². The van der Waals surface area contributed by atoms with E-state index in [0.29, 0.717) is 18.7 Å². The van der Waals surface area contributed by atoms with Gasteiger partial charge in [0.1, 0.15) is 12.3 Å². The third-order valence-corrected chi connectivity index (χ3v) is 4.71. The van der Waals surface area contributed by atoms with Crippen LogP contribution in [0.2, 0.25) is 0 Å². The minimum atomic E-state index is -0.925. The number of hydrogen-bond donors (Lipinski definition) is 2. The highest BCUT2D eigenvalue weighted by atomic mass is 16.4. The van der Waals surface area contributed by atoms with E-state index in [1.54, 1.807) is 0 Å². The van der Waals surface area contributed by atoms with E-state index in [1.165, 1.54) is 70.6 Å². The second-order valence-corrected chi connectivity index (χ2v) is 6.97. The fraction of sp³-hybridized carbons (Fsp3) is 0.900. The molecule has 0 radical (unpaired) electrons. The van der Waals surface area contributed by atoms with Crippen LogP contribution < -0.4 is 5.32 Å². The van der Waals surface area contributed by atoms with Crippen LogP contribution in [0.25, 0.3) is 0 Å². The molecule has 2 unspecified atom stereocenters. The van der Waals surface area contributed by atoms with E-state index in [4.69, 9.17) is 5.11 Å². The number of aldehydes is 1.